The molecule has 0 bridgehead atoms. The van der Waals surface area contributed by atoms with Gasteiger partial charge in [-0.1, -0.05) is 0 Å². The van der Waals surface area contributed by atoms with Crippen LogP contribution >= 0.6 is 33.9 Å². The molecule has 1 nitrogen and oxygen atoms in total. The van der Waals surface area contributed by atoms with E-state index in [2.05, 4.69) is 34.4 Å². The second kappa shape index (κ2) is 3.74. The molecule has 0 spiro atoms. The van der Waals surface area contributed by atoms with Gasteiger partial charge in [0, 0.05) is 0 Å². The fourth-order valence-electron chi connectivity index (χ4n) is 0.482. The highest BCUT2D eigenvalue weighted by atomic mass is 127. The smallest absolute Gasteiger partial charge is 0.193 e. The molecule has 1 rings (SSSR count). The van der Waals surface area contributed by atoms with Crippen molar-refractivity contribution in [2.75, 3.05) is 0 Å². The Labute approximate surface area is 76.6 Å². The van der Waals surface area contributed by atoms with Gasteiger partial charge < -0.3 is 0 Å². The van der Waals surface area contributed by atoms with Gasteiger partial charge in [0.1, 0.15) is 0 Å². The molecule has 0 saturated carbocycles. The first-order valence-electron chi connectivity index (χ1n) is 2.53. The highest BCUT2D eigenvalue weighted by molar-refractivity contribution is 14.1. The van der Waals surface area contributed by atoms with Crippen molar-refractivity contribution in [3.63, 3.8) is 0 Å². The number of carbonyl (C=O) groups is 1. The maximum Gasteiger partial charge on any atom is 0.193 e. The van der Waals surface area contributed by atoms with Crippen molar-refractivity contribution in [1.82, 2.24) is 0 Å². The van der Waals surface area contributed by atoms with Crippen molar-refractivity contribution >= 4 is 40.2 Å². The Morgan fingerprint density at radius 3 is 2.90 bits per heavy atom. The van der Waals surface area contributed by atoms with Gasteiger partial charge >= 0.3 is 0 Å². The zero-order chi connectivity index (χ0) is 7.40. The zero-order valence-electron chi connectivity index (χ0n) is 4.93. The summed E-state index contributed by atoms with van der Waals surface area (Å²) >= 11 is 3.80. The summed E-state index contributed by atoms with van der Waals surface area (Å²) in [4.78, 5) is 10.8. The Hall–Kier alpha value is -0.340. The Kier molecular flexibility index (Phi) is 2.90. The minimum absolute atomic E-state index is 0.604. The molecule has 10 heavy (non-hydrogen) atoms. The van der Waals surface area contributed by atoms with Gasteiger partial charge in [-0.3, -0.25) is 4.79 Å². The number of hydrogen-bond acceptors (Lipinski definition) is 2. The van der Waals surface area contributed by atoms with Gasteiger partial charge in [-0.25, -0.2) is 0 Å². The summed E-state index contributed by atoms with van der Waals surface area (Å²) in [5.41, 5.74) is 0. The predicted octanol–water partition coefficient (Wildman–Crippen LogP) is 1.90. The molecule has 50 valence electrons. The molecule has 0 unspecified atom stereocenters. The summed E-state index contributed by atoms with van der Waals surface area (Å²) in [5.74, 6) is 5.07. The molecule has 0 aliphatic heterocycles. The Morgan fingerprint density at radius 2 is 2.40 bits per heavy atom. The minimum atomic E-state index is 0.604. The van der Waals surface area contributed by atoms with Crippen LogP contribution in [0.15, 0.2) is 12.1 Å². The van der Waals surface area contributed by atoms with Crippen molar-refractivity contribution < 1.29 is 4.79 Å². The van der Waals surface area contributed by atoms with Gasteiger partial charge in [0.05, 0.1) is 7.76 Å². The lowest BCUT2D eigenvalue weighted by atomic mass is 10.5. The van der Waals surface area contributed by atoms with Crippen LogP contribution in [0.4, 0.5) is 0 Å². The number of thiophene rings is 1. The van der Waals surface area contributed by atoms with E-state index in [-0.39, 0.29) is 0 Å². The van der Waals surface area contributed by atoms with Gasteiger partial charge in [-0.15, -0.1) is 11.3 Å². The Bertz CT molecular complexity index is 292. The third-order valence-corrected chi connectivity index (χ3v) is 2.64. The van der Waals surface area contributed by atoms with E-state index in [1.807, 2.05) is 12.1 Å². The topological polar surface area (TPSA) is 17.1 Å². The fourth-order valence-corrected chi connectivity index (χ4v) is 1.97. The van der Waals surface area contributed by atoms with Crippen molar-refractivity contribution in [3.05, 3.63) is 19.9 Å². The standard InChI is InChI=1S/C7H3IOS/c8-7-4-3-6(10-7)2-1-5-9/h3-5H. The minimum Gasteiger partial charge on any atom is -0.289 e. The number of halogens is 1. The first-order valence-corrected chi connectivity index (χ1v) is 4.43. The molecule has 0 amide bonds. The van der Waals surface area contributed by atoms with E-state index in [4.69, 9.17) is 0 Å². The van der Waals surface area contributed by atoms with E-state index in [1.165, 1.54) is 2.88 Å². The normalized spacial score (nSPS) is 8.10. The summed E-state index contributed by atoms with van der Waals surface area (Å²) < 4.78 is 1.19. The van der Waals surface area contributed by atoms with Crippen LogP contribution in [0.2, 0.25) is 0 Å². The fraction of sp³-hybridized carbons (Fsp3) is 0. The van der Waals surface area contributed by atoms with Crippen LogP contribution in [0.5, 0.6) is 0 Å². The van der Waals surface area contributed by atoms with Crippen molar-refractivity contribution in [1.29, 1.82) is 0 Å². The maximum atomic E-state index is 9.81. The molecule has 0 aliphatic rings. The third-order valence-electron chi connectivity index (χ3n) is 0.827. The van der Waals surface area contributed by atoms with E-state index >= 15 is 0 Å². The SMILES string of the molecule is O=CC#Cc1ccc(I)s1. The van der Waals surface area contributed by atoms with Crippen LogP contribution in [0.1, 0.15) is 4.88 Å². The summed E-state index contributed by atoms with van der Waals surface area (Å²) in [6.07, 6.45) is 0.604. The van der Waals surface area contributed by atoms with Crippen molar-refractivity contribution in [2.24, 2.45) is 0 Å². The van der Waals surface area contributed by atoms with E-state index in [0.29, 0.717) is 6.29 Å². The molecule has 0 aromatic carbocycles. The molecule has 0 N–H and O–H groups in total. The second-order valence-electron chi connectivity index (χ2n) is 1.49. The van der Waals surface area contributed by atoms with Gasteiger partial charge in [0.15, 0.2) is 6.29 Å². The second-order valence-corrected chi connectivity index (χ2v) is 4.47. The number of hydrogen-bond donors (Lipinski definition) is 0. The van der Waals surface area contributed by atoms with Crippen LogP contribution < -0.4 is 0 Å². The van der Waals surface area contributed by atoms with E-state index in [0.717, 1.165) is 4.88 Å². The molecule has 0 saturated heterocycles. The quantitative estimate of drug-likeness (QED) is 0.396. The number of aldehydes is 1. The van der Waals surface area contributed by atoms with Crippen LogP contribution in [0, 0.1) is 14.7 Å². The molecular formula is C7H3IOS. The largest absolute Gasteiger partial charge is 0.289 e. The zero-order valence-corrected chi connectivity index (χ0v) is 7.90. The van der Waals surface area contributed by atoms with E-state index in [1.54, 1.807) is 11.3 Å². The molecule has 0 aliphatic carbocycles. The highest BCUT2D eigenvalue weighted by Gasteiger charge is 1.90. The van der Waals surface area contributed by atoms with Gasteiger partial charge in [-0.05, 0) is 46.6 Å². The lowest BCUT2D eigenvalue weighted by Gasteiger charge is -1.71. The average molecular weight is 262 g/mol. The van der Waals surface area contributed by atoms with Crippen molar-refractivity contribution in [3.8, 4) is 11.8 Å². The Balaban J connectivity index is 2.85. The Morgan fingerprint density at radius 1 is 1.60 bits per heavy atom. The molecule has 0 atom stereocenters. The first kappa shape index (κ1) is 7.76. The van der Waals surface area contributed by atoms with E-state index in [9.17, 15) is 4.79 Å². The van der Waals surface area contributed by atoms with Gasteiger partial charge in [0.2, 0.25) is 0 Å². The molecular weight excluding hydrogens is 259 g/mol. The van der Waals surface area contributed by atoms with Crippen LogP contribution in [-0.4, -0.2) is 6.29 Å². The molecule has 1 aromatic heterocycles. The van der Waals surface area contributed by atoms with E-state index < -0.39 is 0 Å². The summed E-state index contributed by atoms with van der Waals surface area (Å²) in [7, 11) is 0. The number of carbonyl (C=O) groups excluding carboxylic acids is 1. The molecule has 0 fully saturated rings. The predicted molar refractivity (Wildman–Crippen MR) is 50.0 cm³/mol. The molecule has 1 aromatic rings. The van der Waals surface area contributed by atoms with Gasteiger partial charge in [0.25, 0.3) is 0 Å². The van der Waals surface area contributed by atoms with Crippen LogP contribution in [0.3, 0.4) is 0 Å². The summed E-state index contributed by atoms with van der Waals surface area (Å²) in [5, 5.41) is 0. The monoisotopic (exact) mass is 262 g/mol. The summed E-state index contributed by atoms with van der Waals surface area (Å²) in [6, 6.07) is 3.88. The average Bonchev–Trinajstić information content (AvgIpc) is 2.31. The first-order chi connectivity index (χ1) is 4.83. The lowest BCUT2D eigenvalue weighted by molar-refractivity contribution is -0.103. The van der Waals surface area contributed by atoms with Gasteiger partial charge in [-0.2, -0.15) is 0 Å². The van der Waals surface area contributed by atoms with Crippen molar-refractivity contribution in [2.45, 2.75) is 0 Å². The van der Waals surface area contributed by atoms with Crippen LogP contribution in [-0.2, 0) is 4.79 Å². The number of rotatable bonds is 0. The molecule has 0 radical (unpaired) electrons. The maximum absolute atomic E-state index is 9.81. The highest BCUT2D eigenvalue weighted by Crippen LogP contribution is 2.16. The van der Waals surface area contributed by atoms with Crippen LogP contribution in [0.25, 0.3) is 0 Å². The molecule has 3 heteroatoms. The third kappa shape index (κ3) is 2.12. The summed E-state index contributed by atoms with van der Waals surface area (Å²) in [6.45, 7) is 0. The molecule has 1 heterocycles. The lowest BCUT2D eigenvalue weighted by Crippen LogP contribution is -1.61.